The van der Waals surface area contributed by atoms with Crippen molar-refractivity contribution in [1.82, 2.24) is 0 Å². The standard InChI is InChI=1S/C9H14O2/c1-6(2)4-8-5-9(10)7(3)11-8/h5-7H,4H2,1-3H3/t7-/m1/s1. The minimum atomic E-state index is -0.247. The summed E-state index contributed by atoms with van der Waals surface area (Å²) in [6.07, 6.45) is 2.24. The van der Waals surface area contributed by atoms with Crippen LogP contribution in [0, 0.1) is 5.92 Å². The lowest BCUT2D eigenvalue weighted by molar-refractivity contribution is -0.119. The van der Waals surface area contributed by atoms with Gasteiger partial charge in [0.15, 0.2) is 11.9 Å². The molecule has 0 fully saturated rings. The summed E-state index contributed by atoms with van der Waals surface area (Å²) in [5.74, 6) is 1.50. The van der Waals surface area contributed by atoms with Gasteiger partial charge in [0.05, 0.1) is 0 Å². The Morgan fingerprint density at radius 2 is 2.27 bits per heavy atom. The van der Waals surface area contributed by atoms with Crippen LogP contribution in [0.25, 0.3) is 0 Å². The Kier molecular flexibility index (Phi) is 2.32. The van der Waals surface area contributed by atoms with Crippen molar-refractivity contribution in [3.63, 3.8) is 0 Å². The average Bonchev–Trinajstić information content (AvgIpc) is 2.10. The molecule has 0 amide bonds. The molecule has 0 aromatic rings. The van der Waals surface area contributed by atoms with Crippen LogP contribution in [0.4, 0.5) is 0 Å². The van der Waals surface area contributed by atoms with Gasteiger partial charge in [0.2, 0.25) is 0 Å². The zero-order chi connectivity index (χ0) is 8.43. The van der Waals surface area contributed by atoms with Crippen LogP contribution in [0.2, 0.25) is 0 Å². The van der Waals surface area contributed by atoms with Gasteiger partial charge in [0.25, 0.3) is 0 Å². The first-order chi connectivity index (χ1) is 5.09. The van der Waals surface area contributed by atoms with E-state index in [4.69, 9.17) is 4.74 Å². The Morgan fingerprint density at radius 3 is 2.64 bits per heavy atom. The van der Waals surface area contributed by atoms with Crippen LogP contribution in [0.15, 0.2) is 11.8 Å². The van der Waals surface area contributed by atoms with E-state index in [9.17, 15) is 4.79 Å². The minimum Gasteiger partial charge on any atom is -0.487 e. The lowest BCUT2D eigenvalue weighted by Gasteiger charge is -2.08. The molecule has 0 radical (unpaired) electrons. The molecule has 0 saturated heterocycles. The quantitative estimate of drug-likeness (QED) is 0.607. The molecule has 0 bridgehead atoms. The zero-order valence-electron chi connectivity index (χ0n) is 7.26. The summed E-state index contributed by atoms with van der Waals surface area (Å²) in [6, 6.07) is 0. The van der Waals surface area contributed by atoms with Crippen LogP contribution in [0.5, 0.6) is 0 Å². The summed E-state index contributed by atoms with van der Waals surface area (Å²) in [5.41, 5.74) is 0. The van der Waals surface area contributed by atoms with Gasteiger partial charge < -0.3 is 4.74 Å². The van der Waals surface area contributed by atoms with E-state index < -0.39 is 0 Å². The van der Waals surface area contributed by atoms with E-state index in [-0.39, 0.29) is 11.9 Å². The maximum absolute atomic E-state index is 11.0. The highest BCUT2D eigenvalue weighted by Crippen LogP contribution is 2.20. The van der Waals surface area contributed by atoms with Gasteiger partial charge in [-0.1, -0.05) is 13.8 Å². The molecule has 0 unspecified atom stereocenters. The van der Waals surface area contributed by atoms with Gasteiger partial charge in [0.1, 0.15) is 5.76 Å². The smallest absolute Gasteiger partial charge is 0.199 e. The first-order valence-corrected chi connectivity index (χ1v) is 4.00. The molecule has 11 heavy (non-hydrogen) atoms. The van der Waals surface area contributed by atoms with Crippen LogP contribution in [-0.4, -0.2) is 11.9 Å². The third-order valence-electron chi connectivity index (χ3n) is 1.64. The van der Waals surface area contributed by atoms with E-state index >= 15 is 0 Å². The summed E-state index contributed by atoms with van der Waals surface area (Å²) >= 11 is 0. The third kappa shape index (κ3) is 2.07. The maximum atomic E-state index is 11.0. The highest BCUT2D eigenvalue weighted by molar-refractivity contribution is 5.95. The van der Waals surface area contributed by atoms with Gasteiger partial charge in [-0.15, -0.1) is 0 Å². The van der Waals surface area contributed by atoms with Crippen molar-refractivity contribution < 1.29 is 9.53 Å². The summed E-state index contributed by atoms with van der Waals surface area (Å²) in [4.78, 5) is 11.0. The molecule has 0 N–H and O–H groups in total. The molecule has 1 heterocycles. The average molecular weight is 154 g/mol. The second-order valence-corrected chi connectivity index (χ2v) is 3.37. The van der Waals surface area contributed by atoms with Crippen molar-refractivity contribution >= 4 is 5.78 Å². The summed E-state index contributed by atoms with van der Waals surface area (Å²) in [6.45, 7) is 6.00. The fourth-order valence-corrected chi connectivity index (χ4v) is 1.10. The Bertz CT molecular complexity index is 192. The number of hydrogen-bond acceptors (Lipinski definition) is 2. The molecular weight excluding hydrogens is 140 g/mol. The number of carbonyl (C=O) groups excluding carboxylic acids is 1. The Labute approximate surface area is 67.2 Å². The molecule has 1 atom stereocenters. The fourth-order valence-electron chi connectivity index (χ4n) is 1.10. The van der Waals surface area contributed by atoms with Crippen molar-refractivity contribution in [1.29, 1.82) is 0 Å². The predicted molar refractivity (Wildman–Crippen MR) is 43.1 cm³/mol. The van der Waals surface area contributed by atoms with E-state index in [0.717, 1.165) is 12.2 Å². The van der Waals surface area contributed by atoms with Crippen LogP contribution < -0.4 is 0 Å². The molecular formula is C9H14O2. The molecule has 2 heteroatoms. The molecule has 1 rings (SSSR count). The fraction of sp³-hybridized carbons (Fsp3) is 0.667. The molecule has 1 aliphatic rings. The minimum absolute atomic E-state index is 0.0978. The number of allylic oxidation sites excluding steroid dienone is 1. The Hall–Kier alpha value is -0.790. The van der Waals surface area contributed by atoms with Crippen molar-refractivity contribution in [2.24, 2.45) is 5.92 Å². The number of ketones is 1. The second kappa shape index (κ2) is 3.07. The third-order valence-corrected chi connectivity index (χ3v) is 1.64. The zero-order valence-corrected chi connectivity index (χ0v) is 7.26. The lowest BCUT2D eigenvalue weighted by Crippen LogP contribution is -2.10. The summed E-state index contributed by atoms with van der Waals surface area (Å²) in [7, 11) is 0. The number of ether oxygens (including phenoxy) is 1. The van der Waals surface area contributed by atoms with E-state index in [1.54, 1.807) is 13.0 Å². The van der Waals surface area contributed by atoms with Crippen LogP contribution in [-0.2, 0) is 9.53 Å². The summed E-state index contributed by atoms with van der Waals surface area (Å²) < 4.78 is 5.30. The molecule has 0 aliphatic carbocycles. The van der Waals surface area contributed by atoms with Crippen molar-refractivity contribution in [2.75, 3.05) is 0 Å². The molecule has 0 aromatic carbocycles. The monoisotopic (exact) mass is 154 g/mol. The lowest BCUT2D eigenvalue weighted by atomic mass is 10.1. The van der Waals surface area contributed by atoms with Crippen molar-refractivity contribution in [2.45, 2.75) is 33.3 Å². The SMILES string of the molecule is CC(C)CC1=CC(=O)[C@@H](C)O1. The van der Waals surface area contributed by atoms with Gasteiger partial charge in [-0.05, 0) is 12.8 Å². The number of rotatable bonds is 2. The van der Waals surface area contributed by atoms with Crippen LogP contribution >= 0.6 is 0 Å². The highest BCUT2D eigenvalue weighted by Gasteiger charge is 2.22. The van der Waals surface area contributed by atoms with E-state index in [1.807, 2.05) is 0 Å². The Morgan fingerprint density at radius 1 is 1.64 bits per heavy atom. The van der Waals surface area contributed by atoms with Crippen LogP contribution in [0.1, 0.15) is 27.2 Å². The topological polar surface area (TPSA) is 26.3 Å². The Balaban J connectivity index is 2.50. The molecule has 0 spiro atoms. The second-order valence-electron chi connectivity index (χ2n) is 3.37. The molecule has 62 valence electrons. The van der Waals surface area contributed by atoms with Gasteiger partial charge >= 0.3 is 0 Å². The molecule has 0 saturated carbocycles. The van der Waals surface area contributed by atoms with Gasteiger partial charge in [-0.2, -0.15) is 0 Å². The van der Waals surface area contributed by atoms with E-state index in [2.05, 4.69) is 13.8 Å². The number of carbonyl (C=O) groups is 1. The van der Waals surface area contributed by atoms with Gasteiger partial charge in [-0.3, -0.25) is 4.79 Å². The van der Waals surface area contributed by atoms with Crippen molar-refractivity contribution in [3.8, 4) is 0 Å². The van der Waals surface area contributed by atoms with E-state index in [1.165, 1.54) is 0 Å². The first-order valence-electron chi connectivity index (χ1n) is 4.00. The predicted octanol–water partition coefficient (Wildman–Crippen LogP) is 1.90. The molecule has 1 aliphatic heterocycles. The highest BCUT2D eigenvalue weighted by atomic mass is 16.5. The van der Waals surface area contributed by atoms with Crippen LogP contribution in [0.3, 0.4) is 0 Å². The molecule has 0 aromatic heterocycles. The van der Waals surface area contributed by atoms with Gasteiger partial charge in [0, 0.05) is 12.5 Å². The first kappa shape index (κ1) is 8.31. The number of hydrogen-bond donors (Lipinski definition) is 0. The van der Waals surface area contributed by atoms with E-state index in [0.29, 0.717) is 5.92 Å². The summed E-state index contributed by atoms with van der Waals surface area (Å²) in [5, 5.41) is 0. The normalized spacial score (nSPS) is 23.8. The maximum Gasteiger partial charge on any atom is 0.199 e. The molecule has 2 nitrogen and oxygen atoms in total. The largest absolute Gasteiger partial charge is 0.487 e. The van der Waals surface area contributed by atoms with Gasteiger partial charge in [-0.25, -0.2) is 0 Å². The van der Waals surface area contributed by atoms with Crippen molar-refractivity contribution in [3.05, 3.63) is 11.8 Å².